The number of fused-ring (bicyclic) bond motifs is 1. The van der Waals surface area contributed by atoms with E-state index in [0.717, 1.165) is 12.0 Å². The van der Waals surface area contributed by atoms with Crippen LogP contribution in [0.1, 0.15) is 38.7 Å². The SMILES string of the molecule is CC(C)OCCCNC(=O)CCC(=O)NCc1ccc2c(c1)OCO2. The molecule has 0 radical (unpaired) electrons. The number of nitrogens with one attached hydrogen (secondary N) is 2. The number of hydrogen-bond donors (Lipinski definition) is 2. The molecule has 0 atom stereocenters. The molecule has 1 heterocycles. The van der Waals surface area contributed by atoms with Crippen LogP contribution in [-0.2, 0) is 20.9 Å². The van der Waals surface area contributed by atoms with Crippen molar-refractivity contribution in [2.45, 2.75) is 45.8 Å². The maximum absolute atomic E-state index is 11.8. The van der Waals surface area contributed by atoms with E-state index in [1.54, 1.807) is 0 Å². The monoisotopic (exact) mass is 350 g/mol. The van der Waals surface area contributed by atoms with Crippen LogP contribution in [-0.4, -0.2) is 37.9 Å². The second kappa shape index (κ2) is 9.88. The number of amides is 2. The zero-order chi connectivity index (χ0) is 18.1. The fourth-order valence-electron chi connectivity index (χ4n) is 2.27. The molecule has 0 saturated carbocycles. The van der Waals surface area contributed by atoms with Crippen LogP contribution in [0.5, 0.6) is 11.5 Å². The standard InChI is InChI=1S/C18H26N2O5/c1-13(2)23-9-3-8-19-17(21)6-7-18(22)20-11-14-4-5-15-16(10-14)25-12-24-15/h4-5,10,13H,3,6-9,11-12H2,1-2H3,(H,19,21)(H,20,22). The molecular weight excluding hydrogens is 324 g/mol. The van der Waals surface area contributed by atoms with E-state index >= 15 is 0 Å². The van der Waals surface area contributed by atoms with E-state index in [4.69, 9.17) is 14.2 Å². The van der Waals surface area contributed by atoms with E-state index in [1.807, 2.05) is 32.0 Å². The van der Waals surface area contributed by atoms with Crippen LogP contribution in [0.4, 0.5) is 0 Å². The van der Waals surface area contributed by atoms with E-state index in [2.05, 4.69) is 10.6 Å². The predicted octanol–water partition coefficient (Wildman–Crippen LogP) is 1.74. The average molecular weight is 350 g/mol. The van der Waals surface area contributed by atoms with E-state index in [1.165, 1.54) is 0 Å². The lowest BCUT2D eigenvalue weighted by Crippen LogP contribution is -2.28. The number of ether oxygens (including phenoxy) is 3. The van der Waals surface area contributed by atoms with Crippen molar-refractivity contribution in [3.63, 3.8) is 0 Å². The fraction of sp³-hybridized carbons (Fsp3) is 0.556. The Morgan fingerprint density at radius 2 is 1.84 bits per heavy atom. The van der Waals surface area contributed by atoms with E-state index in [0.29, 0.717) is 31.2 Å². The highest BCUT2D eigenvalue weighted by molar-refractivity contribution is 5.83. The van der Waals surface area contributed by atoms with Crippen molar-refractivity contribution in [3.8, 4) is 11.5 Å². The number of benzene rings is 1. The molecule has 0 unspecified atom stereocenters. The Balaban J connectivity index is 1.57. The lowest BCUT2D eigenvalue weighted by atomic mass is 10.2. The van der Waals surface area contributed by atoms with E-state index in [-0.39, 0.29) is 37.6 Å². The largest absolute Gasteiger partial charge is 0.454 e. The Morgan fingerprint density at radius 1 is 1.12 bits per heavy atom. The molecule has 7 nitrogen and oxygen atoms in total. The Hall–Kier alpha value is -2.28. The van der Waals surface area contributed by atoms with Gasteiger partial charge in [0.15, 0.2) is 11.5 Å². The maximum atomic E-state index is 11.8. The Morgan fingerprint density at radius 3 is 2.60 bits per heavy atom. The fourth-order valence-corrected chi connectivity index (χ4v) is 2.27. The van der Waals surface area contributed by atoms with Crippen LogP contribution in [0.25, 0.3) is 0 Å². The summed E-state index contributed by atoms with van der Waals surface area (Å²) in [6, 6.07) is 5.54. The van der Waals surface area contributed by atoms with Gasteiger partial charge in [-0.2, -0.15) is 0 Å². The molecule has 25 heavy (non-hydrogen) atoms. The smallest absolute Gasteiger partial charge is 0.231 e. The molecule has 2 N–H and O–H groups in total. The summed E-state index contributed by atoms with van der Waals surface area (Å²) in [7, 11) is 0. The molecular formula is C18H26N2O5. The molecule has 0 aliphatic carbocycles. The van der Waals surface area contributed by atoms with Gasteiger partial charge in [-0.15, -0.1) is 0 Å². The molecule has 0 fully saturated rings. The molecule has 0 aromatic heterocycles. The topological polar surface area (TPSA) is 85.9 Å². The van der Waals surface area contributed by atoms with Crippen molar-refractivity contribution in [2.24, 2.45) is 0 Å². The average Bonchev–Trinajstić information content (AvgIpc) is 3.05. The summed E-state index contributed by atoms with van der Waals surface area (Å²) >= 11 is 0. The molecule has 1 aromatic rings. The first kappa shape index (κ1) is 19.1. The Bertz CT molecular complexity index is 589. The molecule has 1 aromatic carbocycles. The molecule has 2 rings (SSSR count). The Kier molecular flexibility index (Phi) is 7.53. The molecule has 1 aliphatic heterocycles. The number of carbonyl (C=O) groups excluding carboxylic acids is 2. The second-order valence-electron chi connectivity index (χ2n) is 6.09. The Labute approximate surface area is 148 Å². The van der Waals surface area contributed by atoms with E-state index in [9.17, 15) is 9.59 Å². The number of rotatable bonds is 10. The predicted molar refractivity (Wildman–Crippen MR) is 92.4 cm³/mol. The lowest BCUT2D eigenvalue weighted by Gasteiger charge is -2.09. The van der Waals surface area contributed by atoms with E-state index < -0.39 is 0 Å². The van der Waals surface area contributed by atoms with Crippen molar-refractivity contribution in [3.05, 3.63) is 23.8 Å². The van der Waals surface area contributed by atoms with Crippen molar-refractivity contribution >= 4 is 11.8 Å². The van der Waals surface area contributed by atoms with Gasteiger partial charge in [0.05, 0.1) is 6.10 Å². The van der Waals surface area contributed by atoms with Gasteiger partial charge in [0.25, 0.3) is 0 Å². The highest BCUT2D eigenvalue weighted by atomic mass is 16.7. The minimum atomic E-state index is -0.157. The van der Waals surface area contributed by atoms with Gasteiger partial charge in [0.2, 0.25) is 18.6 Å². The van der Waals surface area contributed by atoms with Crippen molar-refractivity contribution in [2.75, 3.05) is 19.9 Å². The summed E-state index contributed by atoms with van der Waals surface area (Å²) < 4.78 is 15.9. The molecule has 138 valence electrons. The van der Waals surface area contributed by atoms with Crippen molar-refractivity contribution in [1.82, 2.24) is 10.6 Å². The quantitative estimate of drug-likeness (QED) is 0.628. The third-order valence-corrected chi connectivity index (χ3v) is 3.60. The summed E-state index contributed by atoms with van der Waals surface area (Å²) in [5, 5.41) is 5.58. The lowest BCUT2D eigenvalue weighted by molar-refractivity contribution is -0.126. The van der Waals surface area contributed by atoms with Gasteiger partial charge in [-0.1, -0.05) is 6.07 Å². The van der Waals surface area contributed by atoms with Crippen molar-refractivity contribution in [1.29, 1.82) is 0 Å². The first-order valence-electron chi connectivity index (χ1n) is 8.58. The normalized spacial score (nSPS) is 12.3. The minimum absolute atomic E-state index is 0.122. The molecule has 0 saturated heterocycles. The van der Waals surface area contributed by atoms with Gasteiger partial charge in [-0.3, -0.25) is 9.59 Å². The third kappa shape index (κ3) is 7.01. The molecule has 2 amide bonds. The van der Waals surface area contributed by atoms with Gasteiger partial charge in [-0.05, 0) is 38.0 Å². The summed E-state index contributed by atoms with van der Waals surface area (Å²) in [6.07, 6.45) is 1.31. The first-order chi connectivity index (χ1) is 12.0. The summed E-state index contributed by atoms with van der Waals surface area (Å²) in [5.74, 6) is 1.12. The molecule has 0 spiro atoms. The second-order valence-corrected chi connectivity index (χ2v) is 6.09. The molecule has 0 bridgehead atoms. The van der Waals surface area contributed by atoms with Crippen LogP contribution in [0, 0.1) is 0 Å². The minimum Gasteiger partial charge on any atom is -0.454 e. The summed E-state index contributed by atoms with van der Waals surface area (Å²) in [5.41, 5.74) is 0.923. The van der Waals surface area contributed by atoms with Crippen LogP contribution in [0.3, 0.4) is 0 Å². The third-order valence-electron chi connectivity index (χ3n) is 3.60. The van der Waals surface area contributed by atoms with Gasteiger partial charge >= 0.3 is 0 Å². The van der Waals surface area contributed by atoms with Gasteiger partial charge < -0.3 is 24.8 Å². The summed E-state index contributed by atoms with van der Waals surface area (Å²) in [6.45, 7) is 5.74. The zero-order valence-electron chi connectivity index (χ0n) is 14.8. The maximum Gasteiger partial charge on any atom is 0.231 e. The van der Waals surface area contributed by atoms with Gasteiger partial charge in [0, 0.05) is 32.5 Å². The number of carbonyl (C=O) groups is 2. The number of hydrogen-bond acceptors (Lipinski definition) is 5. The van der Waals surface area contributed by atoms with Crippen LogP contribution in [0.2, 0.25) is 0 Å². The molecule has 7 heteroatoms. The van der Waals surface area contributed by atoms with Crippen molar-refractivity contribution < 1.29 is 23.8 Å². The van der Waals surface area contributed by atoms with Gasteiger partial charge in [-0.25, -0.2) is 0 Å². The molecule has 1 aliphatic rings. The summed E-state index contributed by atoms with van der Waals surface area (Å²) in [4.78, 5) is 23.5. The van der Waals surface area contributed by atoms with Crippen LogP contribution in [0.15, 0.2) is 18.2 Å². The zero-order valence-corrected chi connectivity index (χ0v) is 14.8. The highest BCUT2D eigenvalue weighted by Gasteiger charge is 2.13. The van der Waals surface area contributed by atoms with Crippen LogP contribution >= 0.6 is 0 Å². The van der Waals surface area contributed by atoms with Gasteiger partial charge in [0.1, 0.15) is 0 Å². The van der Waals surface area contributed by atoms with Crippen LogP contribution < -0.4 is 20.1 Å². The first-order valence-corrected chi connectivity index (χ1v) is 8.58. The highest BCUT2D eigenvalue weighted by Crippen LogP contribution is 2.32.